The molecular weight excluding hydrogens is 318 g/mol. The van der Waals surface area contributed by atoms with Crippen LogP contribution in [0.1, 0.15) is 19.8 Å². The number of thiophene rings is 1. The first-order chi connectivity index (χ1) is 9.94. The Labute approximate surface area is 126 Å². The Morgan fingerprint density at radius 1 is 1.57 bits per heavy atom. The van der Waals surface area contributed by atoms with Crippen molar-refractivity contribution < 1.29 is 18.1 Å². The number of hydrogen-bond acceptors (Lipinski definition) is 7. The van der Waals surface area contributed by atoms with Crippen molar-refractivity contribution in [2.75, 3.05) is 25.1 Å². The van der Waals surface area contributed by atoms with Gasteiger partial charge in [0.2, 0.25) is 0 Å². The van der Waals surface area contributed by atoms with E-state index in [2.05, 4.69) is 10.0 Å². The van der Waals surface area contributed by atoms with Crippen molar-refractivity contribution in [3.8, 4) is 0 Å². The average molecular weight is 335 g/mol. The fourth-order valence-corrected chi connectivity index (χ4v) is 4.69. The van der Waals surface area contributed by atoms with Gasteiger partial charge < -0.3 is 10.1 Å². The lowest BCUT2D eigenvalue weighted by Crippen LogP contribution is -2.40. The molecule has 10 heteroatoms. The molecule has 1 fully saturated rings. The molecular formula is C11H17N3O5S2. The quantitative estimate of drug-likeness (QED) is 0.603. The number of nitrogens with one attached hydrogen (secondary N) is 2. The molecule has 0 spiro atoms. The lowest BCUT2D eigenvalue weighted by atomic mass is 10.1. The maximum absolute atomic E-state index is 12.3. The number of sulfonamides is 1. The summed E-state index contributed by atoms with van der Waals surface area (Å²) in [7, 11) is -3.77. The summed E-state index contributed by atoms with van der Waals surface area (Å²) in [6.45, 7) is 3.22. The molecule has 2 rings (SSSR count). The van der Waals surface area contributed by atoms with Gasteiger partial charge >= 0.3 is 5.69 Å². The molecule has 1 aliphatic heterocycles. The summed E-state index contributed by atoms with van der Waals surface area (Å²) in [5, 5.41) is 14.0. The summed E-state index contributed by atoms with van der Waals surface area (Å²) in [6.07, 6.45) is 1.49. The molecule has 0 radical (unpaired) electrons. The molecule has 2 heterocycles. The Bertz CT molecular complexity index is 607. The molecule has 0 saturated carbocycles. The van der Waals surface area contributed by atoms with Gasteiger partial charge in [0.05, 0.1) is 11.5 Å². The largest absolute Gasteiger partial charge is 0.380 e. The van der Waals surface area contributed by atoms with Gasteiger partial charge in [0.1, 0.15) is 4.21 Å². The highest BCUT2D eigenvalue weighted by Crippen LogP contribution is 2.37. The predicted molar refractivity (Wildman–Crippen MR) is 79.3 cm³/mol. The molecule has 1 atom stereocenters. The topological polar surface area (TPSA) is 111 Å². The van der Waals surface area contributed by atoms with E-state index in [0.717, 1.165) is 23.8 Å². The summed E-state index contributed by atoms with van der Waals surface area (Å²) < 4.78 is 32.3. The summed E-state index contributed by atoms with van der Waals surface area (Å²) in [6, 6.07) is 0.807. The summed E-state index contributed by atoms with van der Waals surface area (Å²) in [5.41, 5.74) is -0.220. The van der Waals surface area contributed by atoms with Crippen LogP contribution in [0.3, 0.4) is 0 Å². The minimum absolute atomic E-state index is 0.0595. The molecule has 1 aliphatic rings. The Kier molecular flexibility index (Phi) is 5.14. The van der Waals surface area contributed by atoms with Gasteiger partial charge in [-0.3, -0.25) is 10.1 Å². The molecule has 21 heavy (non-hydrogen) atoms. The van der Waals surface area contributed by atoms with E-state index in [0.29, 0.717) is 26.2 Å². The second kappa shape index (κ2) is 6.69. The minimum atomic E-state index is -3.77. The maximum Gasteiger partial charge on any atom is 0.304 e. The number of hydrogen-bond donors (Lipinski definition) is 2. The number of ether oxygens (including phenoxy) is 1. The molecule has 1 unspecified atom stereocenters. The van der Waals surface area contributed by atoms with E-state index in [1.807, 2.05) is 0 Å². The Morgan fingerprint density at radius 2 is 2.33 bits per heavy atom. The van der Waals surface area contributed by atoms with E-state index in [1.54, 1.807) is 6.92 Å². The smallest absolute Gasteiger partial charge is 0.304 e. The van der Waals surface area contributed by atoms with Crippen molar-refractivity contribution in [2.45, 2.75) is 30.0 Å². The van der Waals surface area contributed by atoms with Gasteiger partial charge in [-0.25, -0.2) is 13.1 Å². The molecule has 8 nitrogen and oxygen atoms in total. The van der Waals surface area contributed by atoms with Crippen LogP contribution in [0.25, 0.3) is 0 Å². The molecule has 1 aromatic heterocycles. The normalized spacial score (nSPS) is 19.4. The highest BCUT2D eigenvalue weighted by Gasteiger charge is 2.28. The van der Waals surface area contributed by atoms with Gasteiger partial charge in [0.15, 0.2) is 5.00 Å². The predicted octanol–water partition coefficient (Wildman–Crippen LogP) is 1.55. The van der Waals surface area contributed by atoms with E-state index >= 15 is 0 Å². The van der Waals surface area contributed by atoms with Crippen molar-refractivity contribution in [3.05, 3.63) is 16.2 Å². The lowest BCUT2D eigenvalue weighted by molar-refractivity contribution is -0.383. The number of nitrogens with zero attached hydrogens (tertiary/aromatic N) is 1. The summed E-state index contributed by atoms with van der Waals surface area (Å²) in [5.74, 6) is 0. The van der Waals surface area contributed by atoms with Crippen LogP contribution in [0.5, 0.6) is 0 Å². The zero-order chi connectivity index (χ0) is 15.5. The second-order valence-corrected chi connectivity index (χ2v) is 7.60. The molecule has 1 saturated heterocycles. The molecule has 0 amide bonds. The van der Waals surface area contributed by atoms with Crippen LogP contribution >= 0.6 is 11.3 Å². The number of anilines is 1. The fraction of sp³-hybridized carbons (Fsp3) is 0.636. The lowest BCUT2D eigenvalue weighted by Gasteiger charge is -2.22. The van der Waals surface area contributed by atoms with Gasteiger partial charge in [0.25, 0.3) is 10.0 Å². The van der Waals surface area contributed by atoms with Crippen molar-refractivity contribution in [1.82, 2.24) is 4.72 Å². The SMILES string of the molecule is CCNc1sc(S(=O)(=O)NC2CCCOC2)cc1[N+](=O)[O-]. The maximum atomic E-state index is 12.3. The monoisotopic (exact) mass is 335 g/mol. The molecule has 0 aromatic carbocycles. The number of rotatable bonds is 6. The Balaban J connectivity index is 2.22. The van der Waals surface area contributed by atoms with Crippen molar-refractivity contribution in [2.24, 2.45) is 0 Å². The van der Waals surface area contributed by atoms with Crippen LogP contribution in [-0.4, -0.2) is 39.1 Å². The van der Waals surface area contributed by atoms with Crippen molar-refractivity contribution in [1.29, 1.82) is 0 Å². The highest BCUT2D eigenvalue weighted by atomic mass is 32.2. The van der Waals surface area contributed by atoms with Crippen LogP contribution in [0.2, 0.25) is 0 Å². The average Bonchev–Trinajstić information content (AvgIpc) is 2.85. The Morgan fingerprint density at radius 3 is 2.90 bits per heavy atom. The van der Waals surface area contributed by atoms with Gasteiger partial charge in [-0.1, -0.05) is 11.3 Å². The Hall–Kier alpha value is -1.23. The van der Waals surface area contributed by atoms with Crippen molar-refractivity contribution >= 4 is 32.0 Å². The third kappa shape index (κ3) is 3.90. The van der Waals surface area contributed by atoms with E-state index in [1.165, 1.54) is 0 Å². The zero-order valence-electron chi connectivity index (χ0n) is 11.5. The first-order valence-electron chi connectivity index (χ1n) is 6.56. The van der Waals surface area contributed by atoms with Crippen LogP contribution < -0.4 is 10.0 Å². The third-order valence-electron chi connectivity index (χ3n) is 2.97. The summed E-state index contributed by atoms with van der Waals surface area (Å²) >= 11 is 0.864. The number of nitro groups is 1. The summed E-state index contributed by atoms with van der Waals surface area (Å²) in [4.78, 5) is 10.4. The molecule has 0 bridgehead atoms. The molecule has 0 aliphatic carbocycles. The third-order valence-corrected chi connectivity index (χ3v) is 6.05. The standard InChI is InChI=1S/C11H17N3O5S2/c1-2-12-11-9(14(15)16)6-10(20-11)21(17,18)13-8-4-3-5-19-7-8/h6,8,12-13H,2-5,7H2,1H3. The second-order valence-electron chi connectivity index (χ2n) is 4.60. The van der Waals surface area contributed by atoms with Crippen LogP contribution in [0, 0.1) is 10.1 Å². The van der Waals surface area contributed by atoms with Gasteiger partial charge in [-0.2, -0.15) is 0 Å². The van der Waals surface area contributed by atoms with Crippen LogP contribution in [0.15, 0.2) is 10.3 Å². The molecule has 1 aromatic rings. The molecule has 118 valence electrons. The first kappa shape index (κ1) is 16.1. The van der Waals surface area contributed by atoms with E-state index in [-0.39, 0.29) is 20.9 Å². The van der Waals surface area contributed by atoms with E-state index in [4.69, 9.17) is 4.74 Å². The molecule has 2 N–H and O–H groups in total. The first-order valence-corrected chi connectivity index (χ1v) is 8.86. The minimum Gasteiger partial charge on any atom is -0.380 e. The fourth-order valence-electron chi connectivity index (χ4n) is 2.03. The zero-order valence-corrected chi connectivity index (χ0v) is 13.1. The van der Waals surface area contributed by atoms with Gasteiger partial charge in [0, 0.05) is 25.3 Å². The van der Waals surface area contributed by atoms with Gasteiger partial charge in [-0.05, 0) is 19.8 Å². The highest BCUT2D eigenvalue weighted by molar-refractivity contribution is 7.91. The van der Waals surface area contributed by atoms with E-state index in [9.17, 15) is 18.5 Å². The van der Waals surface area contributed by atoms with E-state index < -0.39 is 14.9 Å². The van der Waals surface area contributed by atoms with Crippen molar-refractivity contribution in [3.63, 3.8) is 0 Å². The van der Waals surface area contributed by atoms with Gasteiger partial charge in [-0.15, -0.1) is 0 Å². The van der Waals surface area contributed by atoms with Crippen LogP contribution in [-0.2, 0) is 14.8 Å². The van der Waals surface area contributed by atoms with Crippen LogP contribution in [0.4, 0.5) is 10.7 Å².